The van der Waals surface area contributed by atoms with Gasteiger partial charge >= 0.3 is 6.03 Å². The van der Waals surface area contributed by atoms with E-state index < -0.39 is 0 Å². The Morgan fingerprint density at radius 3 is 2.59 bits per heavy atom. The SMILES string of the molecule is C=CCCNCCCCCOC1CCC(N(C)C(=O)Nc2ccc(Br)cc2)CC1. The van der Waals surface area contributed by atoms with Crippen LogP contribution >= 0.6 is 15.9 Å². The fraction of sp³-hybridized carbons (Fsp3) is 0.609. The van der Waals surface area contributed by atoms with Gasteiger partial charge < -0.3 is 20.3 Å². The fourth-order valence-electron chi connectivity index (χ4n) is 3.62. The number of carbonyl (C=O) groups excluding carboxylic acids is 1. The van der Waals surface area contributed by atoms with Crippen molar-refractivity contribution >= 4 is 27.6 Å². The molecule has 29 heavy (non-hydrogen) atoms. The lowest BCUT2D eigenvalue weighted by Crippen LogP contribution is -2.42. The number of unbranched alkanes of at least 4 members (excludes halogenated alkanes) is 2. The number of carbonyl (C=O) groups is 1. The highest BCUT2D eigenvalue weighted by Crippen LogP contribution is 2.25. The monoisotopic (exact) mass is 465 g/mol. The number of hydrogen-bond acceptors (Lipinski definition) is 3. The quantitative estimate of drug-likeness (QED) is 0.313. The molecule has 1 aromatic rings. The molecule has 1 aliphatic carbocycles. The smallest absolute Gasteiger partial charge is 0.321 e. The minimum Gasteiger partial charge on any atom is -0.378 e. The van der Waals surface area contributed by atoms with Gasteiger partial charge in [0.25, 0.3) is 0 Å². The predicted octanol–water partition coefficient (Wildman–Crippen LogP) is 5.58. The van der Waals surface area contributed by atoms with Crippen LogP contribution < -0.4 is 10.6 Å². The summed E-state index contributed by atoms with van der Waals surface area (Å²) in [6, 6.07) is 7.90. The van der Waals surface area contributed by atoms with Gasteiger partial charge in [0.05, 0.1) is 6.10 Å². The van der Waals surface area contributed by atoms with Gasteiger partial charge in [0.1, 0.15) is 0 Å². The minimum absolute atomic E-state index is 0.0432. The standard InChI is InChI=1S/C23H36BrN3O2/c1-3-4-16-25-17-6-5-7-18-29-22-14-12-21(13-15-22)27(2)23(28)26-20-10-8-19(24)9-11-20/h3,8-11,21-22,25H,1,4-7,12-18H2,2H3,(H,26,28). The lowest BCUT2D eigenvalue weighted by molar-refractivity contribution is 0.0131. The third-order valence-electron chi connectivity index (χ3n) is 5.48. The minimum atomic E-state index is -0.0432. The lowest BCUT2D eigenvalue weighted by Gasteiger charge is -2.34. The number of nitrogens with zero attached hydrogens (tertiary/aromatic N) is 1. The molecule has 1 saturated carbocycles. The Morgan fingerprint density at radius 2 is 1.90 bits per heavy atom. The highest BCUT2D eigenvalue weighted by atomic mass is 79.9. The Hall–Kier alpha value is -1.37. The van der Waals surface area contributed by atoms with Crippen molar-refractivity contribution in [1.29, 1.82) is 0 Å². The van der Waals surface area contributed by atoms with Gasteiger partial charge in [-0.2, -0.15) is 0 Å². The van der Waals surface area contributed by atoms with Crippen molar-refractivity contribution in [2.75, 3.05) is 32.1 Å². The zero-order valence-electron chi connectivity index (χ0n) is 17.7. The number of urea groups is 1. The van der Waals surface area contributed by atoms with Gasteiger partial charge in [0.2, 0.25) is 0 Å². The van der Waals surface area contributed by atoms with Crippen LogP contribution in [0.25, 0.3) is 0 Å². The summed E-state index contributed by atoms with van der Waals surface area (Å²) in [5, 5.41) is 6.39. The molecule has 1 fully saturated rings. The lowest BCUT2D eigenvalue weighted by atomic mass is 9.92. The molecular formula is C23H36BrN3O2. The molecule has 0 heterocycles. The van der Waals surface area contributed by atoms with Gasteiger partial charge in [-0.25, -0.2) is 4.79 Å². The van der Waals surface area contributed by atoms with Crippen LogP contribution in [0, 0.1) is 0 Å². The number of halogens is 1. The van der Waals surface area contributed by atoms with Gasteiger partial charge in [0.15, 0.2) is 0 Å². The number of benzene rings is 1. The maximum atomic E-state index is 12.5. The van der Waals surface area contributed by atoms with Crippen LogP contribution in [0.4, 0.5) is 10.5 Å². The first kappa shape index (κ1) is 23.9. The molecule has 0 spiro atoms. The predicted molar refractivity (Wildman–Crippen MR) is 124 cm³/mol. The summed E-state index contributed by atoms with van der Waals surface area (Å²) in [5.74, 6) is 0. The van der Waals surface area contributed by atoms with E-state index in [1.807, 2.05) is 42.3 Å². The first-order valence-corrected chi connectivity index (χ1v) is 11.6. The number of ether oxygens (including phenoxy) is 1. The molecule has 0 atom stereocenters. The summed E-state index contributed by atoms with van der Waals surface area (Å²) in [5.41, 5.74) is 0.818. The van der Waals surface area contributed by atoms with E-state index in [0.717, 1.165) is 68.4 Å². The average Bonchev–Trinajstić information content (AvgIpc) is 2.74. The Balaban J connectivity index is 1.55. The first-order chi connectivity index (χ1) is 14.1. The molecule has 2 N–H and O–H groups in total. The molecule has 0 unspecified atom stereocenters. The van der Waals surface area contributed by atoms with Gasteiger partial charge in [-0.15, -0.1) is 6.58 Å². The normalized spacial score (nSPS) is 19.0. The average molecular weight is 466 g/mol. The van der Waals surface area contributed by atoms with Crippen LogP contribution in [0.15, 0.2) is 41.4 Å². The molecule has 2 rings (SSSR count). The molecule has 0 aliphatic heterocycles. The molecular weight excluding hydrogens is 430 g/mol. The van der Waals surface area contributed by atoms with E-state index >= 15 is 0 Å². The molecule has 1 aliphatic rings. The van der Waals surface area contributed by atoms with Crippen LogP contribution in [-0.2, 0) is 4.74 Å². The maximum Gasteiger partial charge on any atom is 0.321 e. The van der Waals surface area contributed by atoms with Crippen LogP contribution in [0.5, 0.6) is 0 Å². The Morgan fingerprint density at radius 1 is 1.17 bits per heavy atom. The third kappa shape index (κ3) is 9.32. The van der Waals surface area contributed by atoms with Crippen LogP contribution in [0.3, 0.4) is 0 Å². The van der Waals surface area contributed by atoms with Gasteiger partial charge in [-0.05, 0) is 88.7 Å². The summed E-state index contributed by atoms with van der Waals surface area (Å²) in [4.78, 5) is 14.3. The van der Waals surface area contributed by atoms with E-state index in [1.165, 1.54) is 12.8 Å². The van der Waals surface area contributed by atoms with E-state index in [4.69, 9.17) is 4.74 Å². The first-order valence-electron chi connectivity index (χ1n) is 10.8. The van der Waals surface area contributed by atoms with Crippen LogP contribution in [0.1, 0.15) is 51.4 Å². The van der Waals surface area contributed by atoms with Crippen LogP contribution in [0.2, 0.25) is 0 Å². The molecule has 0 bridgehead atoms. The Bertz CT molecular complexity index is 601. The number of anilines is 1. The second-order valence-electron chi connectivity index (χ2n) is 7.74. The van der Waals surface area contributed by atoms with Gasteiger partial charge in [-0.3, -0.25) is 0 Å². The number of amides is 2. The fourth-order valence-corrected chi connectivity index (χ4v) is 3.88. The highest BCUT2D eigenvalue weighted by Gasteiger charge is 2.26. The summed E-state index contributed by atoms with van der Waals surface area (Å²) < 4.78 is 7.07. The zero-order chi connectivity index (χ0) is 20.9. The molecule has 6 heteroatoms. The Labute approximate surface area is 184 Å². The largest absolute Gasteiger partial charge is 0.378 e. The van der Waals surface area contributed by atoms with Crippen molar-refractivity contribution in [3.05, 3.63) is 41.4 Å². The topological polar surface area (TPSA) is 53.6 Å². The molecule has 0 aromatic heterocycles. The highest BCUT2D eigenvalue weighted by molar-refractivity contribution is 9.10. The molecule has 5 nitrogen and oxygen atoms in total. The van der Waals surface area contributed by atoms with E-state index in [-0.39, 0.29) is 12.1 Å². The van der Waals surface area contributed by atoms with E-state index in [2.05, 4.69) is 33.1 Å². The van der Waals surface area contributed by atoms with Crippen molar-refractivity contribution < 1.29 is 9.53 Å². The van der Waals surface area contributed by atoms with Crippen molar-refractivity contribution in [1.82, 2.24) is 10.2 Å². The third-order valence-corrected chi connectivity index (χ3v) is 6.01. The maximum absolute atomic E-state index is 12.5. The number of rotatable bonds is 12. The van der Waals surface area contributed by atoms with Crippen molar-refractivity contribution in [2.24, 2.45) is 0 Å². The number of hydrogen-bond donors (Lipinski definition) is 2. The van der Waals surface area contributed by atoms with Crippen molar-refractivity contribution in [3.8, 4) is 0 Å². The zero-order valence-corrected chi connectivity index (χ0v) is 19.3. The van der Waals surface area contributed by atoms with Crippen molar-refractivity contribution in [3.63, 3.8) is 0 Å². The van der Waals surface area contributed by atoms with E-state index in [9.17, 15) is 4.79 Å². The molecule has 162 valence electrons. The molecule has 0 radical (unpaired) electrons. The van der Waals surface area contributed by atoms with Crippen molar-refractivity contribution in [2.45, 2.75) is 63.5 Å². The molecule has 1 aromatic carbocycles. The molecule has 2 amide bonds. The van der Waals surface area contributed by atoms with Gasteiger partial charge in [0, 0.05) is 29.9 Å². The van der Waals surface area contributed by atoms with E-state index in [1.54, 1.807) is 0 Å². The van der Waals surface area contributed by atoms with E-state index in [0.29, 0.717) is 6.10 Å². The van der Waals surface area contributed by atoms with Gasteiger partial charge in [-0.1, -0.05) is 22.0 Å². The summed E-state index contributed by atoms with van der Waals surface area (Å²) in [6.45, 7) is 6.68. The summed E-state index contributed by atoms with van der Waals surface area (Å²) in [6.07, 6.45) is 10.9. The van der Waals surface area contributed by atoms with Crippen LogP contribution in [-0.4, -0.2) is 49.8 Å². The summed E-state index contributed by atoms with van der Waals surface area (Å²) >= 11 is 3.41. The second kappa shape index (κ2) is 13.8. The number of nitrogens with one attached hydrogen (secondary N) is 2. The molecule has 0 saturated heterocycles. The summed E-state index contributed by atoms with van der Waals surface area (Å²) in [7, 11) is 1.89. The Kier molecular flexibility index (Phi) is 11.4. The second-order valence-corrected chi connectivity index (χ2v) is 8.65.